The van der Waals surface area contributed by atoms with Crippen molar-refractivity contribution in [1.29, 1.82) is 0 Å². The van der Waals surface area contributed by atoms with Crippen LogP contribution in [-0.4, -0.2) is 10.9 Å². The fourth-order valence-electron chi connectivity index (χ4n) is 1.53. The summed E-state index contributed by atoms with van der Waals surface area (Å²) in [5, 5.41) is 0. The number of nitrogens with zero attached hydrogens (tertiary/aromatic N) is 1. The molecule has 0 aliphatic rings. The van der Waals surface area contributed by atoms with E-state index in [1.54, 1.807) is 6.26 Å². The molecule has 0 amide bonds. The Morgan fingerprint density at radius 3 is 2.93 bits per heavy atom. The van der Waals surface area contributed by atoms with Crippen LogP contribution in [0, 0.1) is 0 Å². The van der Waals surface area contributed by atoms with E-state index < -0.39 is 0 Å². The lowest BCUT2D eigenvalue weighted by Gasteiger charge is -2.00. The number of hydrogen-bond acceptors (Lipinski definition) is 2. The molecule has 0 aromatic carbocycles. The molecule has 0 aliphatic carbocycles. The van der Waals surface area contributed by atoms with Crippen LogP contribution in [0.2, 0.25) is 0 Å². The molecule has 0 radical (unpaired) electrons. The van der Waals surface area contributed by atoms with Gasteiger partial charge in [0.1, 0.15) is 5.76 Å². The van der Waals surface area contributed by atoms with Crippen LogP contribution in [0.5, 0.6) is 0 Å². The maximum atomic E-state index is 10.9. The van der Waals surface area contributed by atoms with E-state index in [2.05, 4.69) is 0 Å². The van der Waals surface area contributed by atoms with Crippen LogP contribution >= 0.6 is 0 Å². The molecule has 2 aromatic heterocycles. The number of aldehydes is 1. The molecule has 0 saturated carbocycles. The number of carbonyl (C=O) groups excluding carboxylic acids is 1. The molecular weight excluding hydrogens is 178 g/mol. The average Bonchev–Trinajstić information content (AvgIpc) is 2.85. The van der Waals surface area contributed by atoms with Gasteiger partial charge in [-0.15, -0.1) is 0 Å². The third-order valence-electron chi connectivity index (χ3n) is 2.25. The zero-order valence-electron chi connectivity index (χ0n) is 7.93. The van der Waals surface area contributed by atoms with E-state index >= 15 is 0 Å². The Morgan fingerprint density at radius 1 is 1.50 bits per heavy atom. The molecule has 3 nitrogen and oxygen atoms in total. The quantitative estimate of drug-likeness (QED) is 0.695. The Kier molecular flexibility index (Phi) is 2.23. The first-order valence-corrected chi connectivity index (χ1v) is 4.55. The van der Waals surface area contributed by atoms with E-state index in [1.165, 1.54) is 0 Å². The van der Waals surface area contributed by atoms with Crippen LogP contribution in [0.25, 0.3) is 11.3 Å². The SMILES string of the molecule is CCn1ccc(-c2ccco2)c1C=O. The van der Waals surface area contributed by atoms with Crippen LogP contribution in [-0.2, 0) is 6.54 Å². The van der Waals surface area contributed by atoms with E-state index in [-0.39, 0.29) is 0 Å². The molecule has 72 valence electrons. The molecule has 0 fully saturated rings. The van der Waals surface area contributed by atoms with Gasteiger partial charge in [-0.2, -0.15) is 0 Å². The van der Waals surface area contributed by atoms with E-state index in [4.69, 9.17) is 4.42 Å². The van der Waals surface area contributed by atoms with Gasteiger partial charge >= 0.3 is 0 Å². The van der Waals surface area contributed by atoms with Crippen LogP contribution in [0.4, 0.5) is 0 Å². The van der Waals surface area contributed by atoms with Crippen molar-refractivity contribution in [2.75, 3.05) is 0 Å². The molecule has 0 spiro atoms. The van der Waals surface area contributed by atoms with Crippen LogP contribution in [0.15, 0.2) is 35.1 Å². The van der Waals surface area contributed by atoms with Crippen molar-refractivity contribution in [3.05, 3.63) is 36.4 Å². The molecule has 14 heavy (non-hydrogen) atoms. The first-order chi connectivity index (χ1) is 6.86. The van der Waals surface area contributed by atoms with Crippen molar-refractivity contribution in [3.63, 3.8) is 0 Å². The van der Waals surface area contributed by atoms with Crippen LogP contribution in [0.3, 0.4) is 0 Å². The predicted octanol–water partition coefficient (Wildman–Crippen LogP) is 2.58. The van der Waals surface area contributed by atoms with Gasteiger partial charge in [-0.05, 0) is 25.1 Å². The van der Waals surface area contributed by atoms with Gasteiger partial charge < -0.3 is 8.98 Å². The van der Waals surface area contributed by atoms with Gasteiger partial charge in [-0.25, -0.2) is 0 Å². The third-order valence-corrected chi connectivity index (χ3v) is 2.25. The van der Waals surface area contributed by atoms with Crippen molar-refractivity contribution in [2.24, 2.45) is 0 Å². The van der Waals surface area contributed by atoms with Gasteiger partial charge in [0.05, 0.1) is 12.0 Å². The molecule has 2 aromatic rings. The highest BCUT2D eigenvalue weighted by Crippen LogP contribution is 2.24. The highest BCUT2D eigenvalue weighted by atomic mass is 16.3. The van der Waals surface area contributed by atoms with Gasteiger partial charge in [-0.3, -0.25) is 4.79 Å². The van der Waals surface area contributed by atoms with Gasteiger partial charge in [0.25, 0.3) is 0 Å². The zero-order valence-corrected chi connectivity index (χ0v) is 7.93. The Bertz CT molecular complexity index is 426. The van der Waals surface area contributed by atoms with E-state index in [0.717, 1.165) is 24.2 Å². The van der Waals surface area contributed by atoms with Gasteiger partial charge in [0.15, 0.2) is 6.29 Å². The third kappa shape index (κ3) is 1.27. The largest absolute Gasteiger partial charge is 0.464 e. The maximum absolute atomic E-state index is 10.9. The lowest BCUT2D eigenvalue weighted by Crippen LogP contribution is -1.98. The average molecular weight is 189 g/mol. The summed E-state index contributed by atoms with van der Waals surface area (Å²) in [4.78, 5) is 10.9. The molecular formula is C11H11NO2. The molecule has 0 bridgehead atoms. The van der Waals surface area contributed by atoms with E-state index in [9.17, 15) is 4.79 Å². The minimum atomic E-state index is 0.669. The highest BCUT2D eigenvalue weighted by molar-refractivity contribution is 5.84. The van der Waals surface area contributed by atoms with Crippen molar-refractivity contribution in [1.82, 2.24) is 4.57 Å². The number of rotatable bonds is 3. The second-order valence-corrected chi connectivity index (χ2v) is 3.00. The summed E-state index contributed by atoms with van der Waals surface area (Å²) in [6.45, 7) is 2.79. The second kappa shape index (κ2) is 3.54. The number of hydrogen-bond donors (Lipinski definition) is 0. The van der Waals surface area contributed by atoms with E-state index in [0.29, 0.717) is 5.69 Å². The zero-order chi connectivity index (χ0) is 9.97. The smallest absolute Gasteiger partial charge is 0.167 e. The Hall–Kier alpha value is -1.77. The second-order valence-electron chi connectivity index (χ2n) is 3.00. The van der Waals surface area contributed by atoms with Gasteiger partial charge in [-0.1, -0.05) is 0 Å². The summed E-state index contributed by atoms with van der Waals surface area (Å²) in [6.07, 6.45) is 4.36. The van der Waals surface area contributed by atoms with Crippen molar-refractivity contribution >= 4 is 6.29 Å². The lowest BCUT2D eigenvalue weighted by molar-refractivity contribution is 0.111. The topological polar surface area (TPSA) is 35.1 Å². The first kappa shape index (κ1) is 8.81. The minimum Gasteiger partial charge on any atom is -0.464 e. The summed E-state index contributed by atoms with van der Waals surface area (Å²) in [6, 6.07) is 5.56. The molecule has 3 heteroatoms. The summed E-state index contributed by atoms with van der Waals surface area (Å²) in [5.74, 6) is 0.735. The number of aryl methyl sites for hydroxylation is 1. The summed E-state index contributed by atoms with van der Waals surface area (Å²) in [5.41, 5.74) is 1.52. The molecule has 0 N–H and O–H groups in total. The van der Waals surface area contributed by atoms with Crippen molar-refractivity contribution in [3.8, 4) is 11.3 Å². The number of furan rings is 1. The summed E-state index contributed by atoms with van der Waals surface area (Å²) < 4.78 is 7.14. The number of carbonyl (C=O) groups is 1. The Balaban J connectivity index is 2.54. The van der Waals surface area contributed by atoms with E-state index in [1.807, 2.05) is 35.9 Å². The lowest BCUT2D eigenvalue weighted by atomic mass is 10.2. The molecule has 2 rings (SSSR count). The summed E-state index contributed by atoms with van der Waals surface area (Å²) in [7, 11) is 0. The Morgan fingerprint density at radius 2 is 2.36 bits per heavy atom. The monoisotopic (exact) mass is 189 g/mol. The molecule has 0 atom stereocenters. The minimum absolute atomic E-state index is 0.669. The van der Waals surface area contributed by atoms with Gasteiger partial charge in [0.2, 0.25) is 0 Å². The first-order valence-electron chi connectivity index (χ1n) is 4.55. The normalized spacial score (nSPS) is 10.4. The fraction of sp³-hybridized carbons (Fsp3) is 0.182. The predicted molar refractivity (Wildman–Crippen MR) is 53.2 cm³/mol. The molecule has 0 aliphatic heterocycles. The molecule has 0 saturated heterocycles. The molecule has 2 heterocycles. The van der Waals surface area contributed by atoms with Crippen molar-refractivity contribution < 1.29 is 9.21 Å². The maximum Gasteiger partial charge on any atom is 0.167 e. The Labute approximate surface area is 82.0 Å². The standard InChI is InChI=1S/C11H11NO2/c1-2-12-6-5-9(10(12)8-13)11-4-3-7-14-11/h3-8H,2H2,1H3. The number of aromatic nitrogens is 1. The van der Waals surface area contributed by atoms with Crippen LogP contribution < -0.4 is 0 Å². The van der Waals surface area contributed by atoms with Gasteiger partial charge in [0, 0.05) is 18.3 Å². The molecule has 0 unspecified atom stereocenters. The fourth-order valence-corrected chi connectivity index (χ4v) is 1.53. The van der Waals surface area contributed by atoms with Crippen LogP contribution in [0.1, 0.15) is 17.4 Å². The summed E-state index contributed by atoms with van der Waals surface area (Å²) >= 11 is 0. The van der Waals surface area contributed by atoms with Crippen molar-refractivity contribution in [2.45, 2.75) is 13.5 Å². The highest BCUT2D eigenvalue weighted by Gasteiger charge is 2.10.